The number of ether oxygens (including phenoxy) is 1. The molecule has 20 heavy (non-hydrogen) atoms. The second kappa shape index (κ2) is 6.16. The fourth-order valence-corrected chi connectivity index (χ4v) is 2.05. The molecule has 3 nitrogen and oxygen atoms in total. The van der Waals surface area contributed by atoms with Gasteiger partial charge in [-0.3, -0.25) is 0 Å². The average Bonchev–Trinajstić information content (AvgIpc) is 2.42. The lowest BCUT2D eigenvalue weighted by Crippen LogP contribution is -2.06. The van der Waals surface area contributed by atoms with Gasteiger partial charge in [-0.15, -0.1) is 0 Å². The minimum atomic E-state index is -0.427. The lowest BCUT2D eigenvalue weighted by molar-refractivity contribution is 0.0473. The molecule has 0 bridgehead atoms. The van der Waals surface area contributed by atoms with Crippen LogP contribution in [0.15, 0.2) is 36.4 Å². The predicted molar refractivity (Wildman–Crippen MR) is 81.2 cm³/mol. The van der Waals surface area contributed by atoms with Crippen LogP contribution in [-0.2, 0) is 11.3 Å². The van der Waals surface area contributed by atoms with Gasteiger partial charge in [-0.2, -0.15) is 0 Å². The molecule has 0 atom stereocenters. The highest BCUT2D eigenvalue weighted by Crippen LogP contribution is 2.22. The first-order valence-electron chi connectivity index (χ1n) is 5.94. The van der Waals surface area contributed by atoms with Crippen molar-refractivity contribution >= 4 is 34.9 Å². The normalized spacial score (nSPS) is 10.3. The maximum absolute atomic E-state index is 11.9. The summed E-state index contributed by atoms with van der Waals surface area (Å²) >= 11 is 11.9. The van der Waals surface area contributed by atoms with E-state index in [1.165, 1.54) is 0 Å². The molecule has 0 aliphatic rings. The van der Waals surface area contributed by atoms with E-state index in [-0.39, 0.29) is 6.61 Å². The van der Waals surface area contributed by atoms with Gasteiger partial charge in [0.05, 0.1) is 5.56 Å². The summed E-state index contributed by atoms with van der Waals surface area (Å²) in [5.74, 6) is -0.427. The second-order valence-electron chi connectivity index (χ2n) is 4.38. The van der Waals surface area contributed by atoms with E-state index in [0.717, 1.165) is 5.56 Å². The molecule has 2 aromatic rings. The third-order valence-electron chi connectivity index (χ3n) is 2.87. The van der Waals surface area contributed by atoms with Crippen LogP contribution in [0.3, 0.4) is 0 Å². The molecule has 5 heteroatoms. The number of benzene rings is 2. The van der Waals surface area contributed by atoms with E-state index in [9.17, 15) is 4.79 Å². The fourth-order valence-electron chi connectivity index (χ4n) is 1.68. The molecular formula is C15H13Cl2NO2. The third kappa shape index (κ3) is 3.44. The Bertz CT molecular complexity index is 656. The Morgan fingerprint density at radius 2 is 1.95 bits per heavy atom. The number of nitrogens with two attached hydrogens (primary N) is 1. The molecule has 0 unspecified atom stereocenters. The van der Waals surface area contributed by atoms with Crippen LogP contribution in [-0.4, -0.2) is 5.97 Å². The fraction of sp³-hybridized carbons (Fsp3) is 0.133. The molecule has 0 amide bonds. The van der Waals surface area contributed by atoms with Gasteiger partial charge < -0.3 is 10.5 Å². The van der Waals surface area contributed by atoms with Crippen molar-refractivity contribution in [3.05, 3.63) is 63.1 Å². The number of hydrogen-bond donors (Lipinski definition) is 1. The van der Waals surface area contributed by atoms with Crippen molar-refractivity contribution in [1.82, 2.24) is 0 Å². The van der Waals surface area contributed by atoms with Crippen LogP contribution >= 0.6 is 23.2 Å². The summed E-state index contributed by atoms with van der Waals surface area (Å²) in [4.78, 5) is 11.9. The average molecular weight is 310 g/mol. The SMILES string of the molecule is Cc1cc(C(=O)OCc2cc(Cl)ccc2Cl)ccc1N. The lowest BCUT2D eigenvalue weighted by atomic mass is 10.1. The highest BCUT2D eigenvalue weighted by molar-refractivity contribution is 6.33. The van der Waals surface area contributed by atoms with Crippen molar-refractivity contribution < 1.29 is 9.53 Å². The van der Waals surface area contributed by atoms with Crippen molar-refractivity contribution in [3.63, 3.8) is 0 Å². The van der Waals surface area contributed by atoms with Crippen molar-refractivity contribution in [2.75, 3.05) is 5.73 Å². The smallest absolute Gasteiger partial charge is 0.338 e. The summed E-state index contributed by atoms with van der Waals surface area (Å²) in [6.07, 6.45) is 0. The van der Waals surface area contributed by atoms with Gasteiger partial charge in [0.25, 0.3) is 0 Å². The van der Waals surface area contributed by atoms with Crippen molar-refractivity contribution in [2.45, 2.75) is 13.5 Å². The highest BCUT2D eigenvalue weighted by atomic mass is 35.5. The molecule has 0 aromatic heterocycles. The largest absolute Gasteiger partial charge is 0.457 e. The number of esters is 1. The Labute approximate surface area is 127 Å². The van der Waals surface area contributed by atoms with Gasteiger partial charge in [0, 0.05) is 21.3 Å². The van der Waals surface area contributed by atoms with E-state index in [2.05, 4.69) is 0 Å². The van der Waals surface area contributed by atoms with Crippen molar-refractivity contribution in [1.29, 1.82) is 0 Å². The van der Waals surface area contributed by atoms with Crippen LogP contribution in [0.4, 0.5) is 5.69 Å². The number of anilines is 1. The van der Waals surface area contributed by atoms with E-state index < -0.39 is 5.97 Å². The molecule has 0 radical (unpaired) electrons. The third-order valence-corrected chi connectivity index (χ3v) is 3.48. The first-order chi connectivity index (χ1) is 9.47. The zero-order valence-corrected chi connectivity index (χ0v) is 12.3. The molecule has 0 fully saturated rings. The Morgan fingerprint density at radius 1 is 1.20 bits per heavy atom. The quantitative estimate of drug-likeness (QED) is 0.681. The minimum Gasteiger partial charge on any atom is -0.457 e. The molecule has 0 spiro atoms. The number of carbonyl (C=O) groups excluding carboxylic acids is 1. The zero-order valence-electron chi connectivity index (χ0n) is 10.8. The monoisotopic (exact) mass is 309 g/mol. The van der Waals surface area contributed by atoms with Gasteiger partial charge in [0.1, 0.15) is 6.61 Å². The van der Waals surface area contributed by atoms with Crippen LogP contribution in [0.1, 0.15) is 21.5 Å². The number of halogens is 2. The highest BCUT2D eigenvalue weighted by Gasteiger charge is 2.10. The Balaban J connectivity index is 2.08. The number of hydrogen-bond acceptors (Lipinski definition) is 3. The summed E-state index contributed by atoms with van der Waals surface area (Å²) in [7, 11) is 0. The van der Waals surface area contributed by atoms with E-state index in [4.69, 9.17) is 33.7 Å². The Kier molecular flexibility index (Phi) is 4.53. The molecule has 0 saturated carbocycles. The summed E-state index contributed by atoms with van der Waals surface area (Å²) in [5, 5.41) is 1.06. The molecule has 2 aromatic carbocycles. The van der Waals surface area contributed by atoms with Crippen molar-refractivity contribution in [2.24, 2.45) is 0 Å². The first kappa shape index (κ1) is 14.7. The van der Waals surface area contributed by atoms with E-state index in [1.54, 1.807) is 36.4 Å². The van der Waals surface area contributed by atoms with Gasteiger partial charge in [-0.1, -0.05) is 23.2 Å². The molecular weight excluding hydrogens is 297 g/mol. The summed E-state index contributed by atoms with van der Waals surface area (Å²) in [6.45, 7) is 1.90. The van der Waals surface area contributed by atoms with Crippen LogP contribution in [0.5, 0.6) is 0 Å². The summed E-state index contributed by atoms with van der Waals surface area (Å²) in [5.41, 5.74) is 8.30. The number of aryl methyl sites for hydroxylation is 1. The number of nitrogen functional groups attached to an aromatic ring is 1. The van der Waals surface area contributed by atoms with Crippen LogP contribution in [0.25, 0.3) is 0 Å². The van der Waals surface area contributed by atoms with Gasteiger partial charge >= 0.3 is 5.97 Å². The molecule has 0 heterocycles. The van der Waals surface area contributed by atoms with Gasteiger partial charge in [0.15, 0.2) is 0 Å². The van der Waals surface area contributed by atoms with Gasteiger partial charge in [-0.25, -0.2) is 4.79 Å². The van der Waals surface area contributed by atoms with Crippen molar-refractivity contribution in [3.8, 4) is 0 Å². The van der Waals surface area contributed by atoms with Crippen LogP contribution in [0, 0.1) is 6.92 Å². The first-order valence-corrected chi connectivity index (χ1v) is 6.70. The van der Waals surface area contributed by atoms with Gasteiger partial charge in [0.2, 0.25) is 0 Å². The zero-order chi connectivity index (χ0) is 14.7. The van der Waals surface area contributed by atoms with E-state index in [0.29, 0.717) is 26.9 Å². The molecule has 2 rings (SSSR count). The molecule has 0 aliphatic heterocycles. The lowest BCUT2D eigenvalue weighted by Gasteiger charge is -2.08. The maximum Gasteiger partial charge on any atom is 0.338 e. The second-order valence-corrected chi connectivity index (χ2v) is 5.23. The van der Waals surface area contributed by atoms with Gasteiger partial charge in [-0.05, 0) is 48.9 Å². The summed E-state index contributed by atoms with van der Waals surface area (Å²) < 4.78 is 5.22. The van der Waals surface area contributed by atoms with Crippen LogP contribution < -0.4 is 5.73 Å². The predicted octanol–water partition coefficient (Wildman–Crippen LogP) is 4.24. The Morgan fingerprint density at radius 3 is 2.65 bits per heavy atom. The standard InChI is InChI=1S/C15H13Cl2NO2/c1-9-6-10(2-5-14(9)18)15(19)20-8-11-7-12(16)3-4-13(11)17/h2-7H,8,18H2,1H3. The molecule has 104 valence electrons. The maximum atomic E-state index is 11.9. The van der Waals surface area contributed by atoms with E-state index >= 15 is 0 Å². The number of rotatable bonds is 3. The molecule has 0 aliphatic carbocycles. The molecule has 0 saturated heterocycles. The Hall–Kier alpha value is -1.71. The topological polar surface area (TPSA) is 52.3 Å². The summed E-state index contributed by atoms with van der Waals surface area (Å²) in [6, 6.07) is 10.0. The van der Waals surface area contributed by atoms with Crippen LogP contribution in [0.2, 0.25) is 10.0 Å². The minimum absolute atomic E-state index is 0.0711. The molecule has 2 N–H and O–H groups in total. The van der Waals surface area contributed by atoms with E-state index in [1.807, 2.05) is 6.92 Å². The number of carbonyl (C=O) groups is 1.